The Labute approximate surface area is 106 Å². The fourth-order valence-corrected chi connectivity index (χ4v) is 2.11. The van der Waals surface area contributed by atoms with Crippen LogP contribution in [-0.4, -0.2) is 29.4 Å². The van der Waals surface area contributed by atoms with Crippen molar-refractivity contribution < 1.29 is 14.7 Å². The fraction of sp³-hybridized carbons (Fsp3) is 0.429. The molecular weight excluding hydrogens is 230 g/mol. The van der Waals surface area contributed by atoms with Crippen LogP contribution in [0.25, 0.3) is 0 Å². The first-order valence-corrected chi connectivity index (χ1v) is 6.21. The predicted octanol–water partition coefficient (Wildman–Crippen LogP) is 1.55. The molecule has 0 bridgehead atoms. The molecule has 0 fully saturated rings. The highest BCUT2D eigenvalue weighted by Crippen LogP contribution is 2.30. The van der Waals surface area contributed by atoms with Crippen LogP contribution in [0.1, 0.15) is 36.2 Å². The Bertz CT molecular complexity index is 494. The van der Waals surface area contributed by atoms with Crippen LogP contribution < -0.4 is 4.90 Å². The third-order valence-corrected chi connectivity index (χ3v) is 3.21. The minimum atomic E-state index is -0.487. The minimum absolute atomic E-state index is 0.376. The molecule has 0 saturated heterocycles. The van der Waals surface area contributed by atoms with E-state index in [0.717, 1.165) is 12.0 Å². The number of carbonyl (C=O) groups is 2. The first-order valence-electron chi connectivity index (χ1n) is 6.21. The number of fused-ring (bicyclic) bond motifs is 1. The molecule has 1 heterocycles. The smallest absolute Gasteiger partial charge is 0.299 e. The van der Waals surface area contributed by atoms with Crippen LogP contribution in [0.3, 0.4) is 0 Å². The van der Waals surface area contributed by atoms with E-state index in [1.807, 2.05) is 19.1 Å². The number of amides is 1. The Morgan fingerprint density at radius 3 is 2.67 bits per heavy atom. The molecule has 1 atom stereocenters. The van der Waals surface area contributed by atoms with Gasteiger partial charge in [-0.3, -0.25) is 9.59 Å². The molecule has 1 aromatic carbocycles. The molecule has 0 saturated carbocycles. The Kier molecular flexibility index (Phi) is 3.48. The number of aliphatic hydroxyl groups excluding tert-OH is 1. The molecule has 0 radical (unpaired) electrons. The summed E-state index contributed by atoms with van der Waals surface area (Å²) in [6, 6.07) is 5.54. The first-order chi connectivity index (χ1) is 8.54. The van der Waals surface area contributed by atoms with E-state index in [1.54, 1.807) is 13.0 Å². The number of aryl methyl sites for hydroxylation is 1. The van der Waals surface area contributed by atoms with Crippen molar-refractivity contribution in [3.8, 4) is 0 Å². The van der Waals surface area contributed by atoms with E-state index < -0.39 is 17.8 Å². The maximum Gasteiger partial charge on any atom is 0.299 e. The summed E-state index contributed by atoms with van der Waals surface area (Å²) < 4.78 is 0. The van der Waals surface area contributed by atoms with Crippen molar-refractivity contribution in [3.05, 3.63) is 29.3 Å². The fourth-order valence-electron chi connectivity index (χ4n) is 2.11. The number of ketones is 1. The number of hydrogen-bond acceptors (Lipinski definition) is 3. The molecule has 4 nitrogen and oxygen atoms in total. The van der Waals surface area contributed by atoms with Gasteiger partial charge in [-0.2, -0.15) is 0 Å². The second-order valence-corrected chi connectivity index (χ2v) is 4.63. The molecule has 1 unspecified atom stereocenters. The van der Waals surface area contributed by atoms with Gasteiger partial charge in [-0.05, 0) is 37.5 Å². The lowest BCUT2D eigenvalue weighted by molar-refractivity contribution is -0.114. The van der Waals surface area contributed by atoms with E-state index >= 15 is 0 Å². The highest BCUT2D eigenvalue weighted by Gasteiger charge is 2.35. The number of Topliss-reactive ketones (excluding diaryl/α,β-unsaturated/α-hetero) is 1. The van der Waals surface area contributed by atoms with Gasteiger partial charge in [-0.25, -0.2) is 0 Å². The van der Waals surface area contributed by atoms with Crippen molar-refractivity contribution in [1.82, 2.24) is 0 Å². The molecule has 0 aromatic heterocycles. The number of rotatable bonds is 4. The van der Waals surface area contributed by atoms with Gasteiger partial charge in [-0.15, -0.1) is 0 Å². The summed E-state index contributed by atoms with van der Waals surface area (Å²) in [6.45, 7) is 4.05. The zero-order valence-corrected chi connectivity index (χ0v) is 10.6. The number of carbonyl (C=O) groups excluding carboxylic acids is 2. The van der Waals surface area contributed by atoms with Crippen molar-refractivity contribution in [2.24, 2.45) is 0 Å². The van der Waals surface area contributed by atoms with E-state index in [2.05, 4.69) is 0 Å². The number of benzene rings is 1. The lowest BCUT2D eigenvalue weighted by atomic mass is 10.1. The van der Waals surface area contributed by atoms with Crippen LogP contribution in [-0.2, 0) is 11.2 Å². The number of aliphatic hydroxyl groups is 1. The van der Waals surface area contributed by atoms with Crippen LogP contribution in [0, 0.1) is 0 Å². The van der Waals surface area contributed by atoms with Gasteiger partial charge in [0.15, 0.2) is 0 Å². The van der Waals surface area contributed by atoms with E-state index in [0.29, 0.717) is 24.2 Å². The molecule has 2 rings (SSSR count). The molecule has 1 aliphatic heterocycles. The molecule has 18 heavy (non-hydrogen) atoms. The third kappa shape index (κ3) is 2.16. The second kappa shape index (κ2) is 4.90. The van der Waals surface area contributed by atoms with Gasteiger partial charge in [-0.1, -0.05) is 13.0 Å². The van der Waals surface area contributed by atoms with Crippen molar-refractivity contribution in [2.75, 3.05) is 11.4 Å². The molecular formula is C14H17NO3. The zero-order chi connectivity index (χ0) is 13.3. The van der Waals surface area contributed by atoms with Crippen molar-refractivity contribution >= 4 is 17.4 Å². The van der Waals surface area contributed by atoms with E-state index in [4.69, 9.17) is 0 Å². The van der Waals surface area contributed by atoms with Crippen LogP contribution >= 0.6 is 0 Å². The number of nitrogens with zero attached hydrogens (tertiary/aromatic N) is 1. The van der Waals surface area contributed by atoms with Crippen LogP contribution in [0.2, 0.25) is 0 Å². The molecule has 0 spiro atoms. The SMILES string of the molecule is CCc1ccc2c(c1)C(=O)C(=O)N2CCC(C)O. The third-order valence-electron chi connectivity index (χ3n) is 3.21. The van der Waals surface area contributed by atoms with Crippen LogP contribution in [0.15, 0.2) is 18.2 Å². The average Bonchev–Trinajstić information content (AvgIpc) is 2.59. The Balaban J connectivity index is 2.31. The van der Waals surface area contributed by atoms with Crippen LogP contribution in [0.4, 0.5) is 5.69 Å². The van der Waals surface area contributed by atoms with Gasteiger partial charge in [0, 0.05) is 6.54 Å². The molecule has 1 amide bonds. The number of hydrogen-bond donors (Lipinski definition) is 1. The second-order valence-electron chi connectivity index (χ2n) is 4.63. The van der Waals surface area contributed by atoms with Gasteiger partial charge in [0.1, 0.15) is 0 Å². The highest BCUT2D eigenvalue weighted by molar-refractivity contribution is 6.52. The summed E-state index contributed by atoms with van der Waals surface area (Å²) in [5.41, 5.74) is 2.21. The summed E-state index contributed by atoms with van der Waals surface area (Å²) in [6.07, 6.45) is 0.822. The molecule has 4 heteroatoms. The van der Waals surface area contributed by atoms with Gasteiger partial charge < -0.3 is 10.0 Å². The Morgan fingerprint density at radius 1 is 1.33 bits per heavy atom. The average molecular weight is 247 g/mol. The van der Waals surface area contributed by atoms with Crippen LogP contribution in [0.5, 0.6) is 0 Å². The van der Waals surface area contributed by atoms with Gasteiger partial charge in [0.2, 0.25) is 0 Å². The van der Waals surface area contributed by atoms with Crippen molar-refractivity contribution in [3.63, 3.8) is 0 Å². The standard InChI is InChI=1S/C14H17NO3/c1-3-10-4-5-12-11(8-10)13(17)14(18)15(12)7-6-9(2)16/h4-5,8-9,16H,3,6-7H2,1-2H3. The summed E-state index contributed by atoms with van der Waals surface area (Å²) in [5, 5.41) is 9.27. The zero-order valence-electron chi connectivity index (χ0n) is 10.6. The summed E-state index contributed by atoms with van der Waals surface area (Å²) in [4.78, 5) is 25.2. The normalized spacial score (nSPS) is 16.1. The highest BCUT2D eigenvalue weighted by atomic mass is 16.3. The summed E-state index contributed by atoms with van der Waals surface area (Å²) in [5.74, 6) is -0.926. The van der Waals surface area contributed by atoms with Crippen molar-refractivity contribution in [1.29, 1.82) is 0 Å². The maximum absolute atomic E-state index is 11.9. The molecule has 96 valence electrons. The predicted molar refractivity (Wildman–Crippen MR) is 68.8 cm³/mol. The van der Waals surface area contributed by atoms with Gasteiger partial charge >= 0.3 is 0 Å². The van der Waals surface area contributed by atoms with Gasteiger partial charge in [0.25, 0.3) is 11.7 Å². The molecule has 0 aliphatic carbocycles. The Morgan fingerprint density at radius 2 is 2.06 bits per heavy atom. The molecule has 1 N–H and O–H groups in total. The van der Waals surface area contributed by atoms with E-state index in [-0.39, 0.29) is 0 Å². The van der Waals surface area contributed by atoms with E-state index in [1.165, 1.54) is 4.90 Å². The quantitative estimate of drug-likeness (QED) is 0.821. The van der Waals surface area contributed by atoms with E-state index in [9.17, 15) is 14.7 Å². The Hall–Kier alpha value is -1.68. The maximum atomic E-state index is 11.9. The lowest BCUT2D eigenvalue weighted by Gasteiger charge is -2.17. The van der Waals surface area contributed by atoms with Crippen molar-refractivity contribution in [2.45, 2.75) is 32.8 Å². The number of anilines is 1. The molecule has 1 aromatic rings. The lowest BCUT2D eigenvalue weighted by Crippen LogP contribution is -2.32. The monoisotopic (exact) mass is 247 g/mol. The largest absolute Gasteiger partial charge is 0.393 e. The summed E-state index contributed by atoms with van der Waals surface area (Å²) >= 11 is 0. The summed E-state index contributed by atoms with van der Waals surface area (Å²) in [7, 11) is 0. The molecule has 1 aliphatic rings. The minimum Gasteiger partial charge on any atom is -0.393 e. The van der Waals surface area contributed by atoms with Gasteiger partial charge in [0.05, 0.1) is 17.4 Å². The first kappa shape index (κ1) is 12.8. The topological polar surface area (TPSA) is 57.6 Å².